The Morgan fingerprint density at radius 1 is 1.07 bits per heavy atom. The summed E-state index contributed by atoms with van der Waals surface area (Å²) in [6.07, 6.45) is 0.246. The molecule has 0 aliphatic carbocycles. The van der Waals surface area contributed by atoms with Gasteiger partial charge in [0, 0.05) is 0 Å². The van der Waals surface area contributed by atoms with Crippen molar-refractivity contribution >= 4 is 68.1 Å². The fourth-order valence-electron chi connectivity index (χ4n) is 2.98. The van der Waals surface area contributed by atoms with E-state index in [1.807, 2.05) is 31.2 Å². The fourth-order valence-corrected chi connectivity index (χ4v) is 4.36. The van der Waals surface area contributed by atoms with Crippen molar-refractivity contribution in [2.75, 3.05) is 10.6 Å². The first-order valence-corrected chi connectivity index (χ1v) is 10.6. The average Bonchev–Trinajstić information content (AvgIpc) is 3.29. The van der Waals surface area contributed by atoms with Crippen LogP contribution < -0.4 is 10.6 Å². The van der Waals surface area contributed by atoms with Crippen LogP contribution in [0.3, 0.4) is 0 Å². The van der Waals surface area contributed by atoms with E-state index in [2.05, 4.69) is 20.8 Å². The predicted octanol–water partition coefficient (Wildman–Crippen LogP) is 5.67. The minimum absolute atomic E-state index is 0.171. The van der Waals surface area contributed by atoms with E-state index in [0.717, 1.165) is 11.1 Å². The van der Waals surface area contributed by atoms with E-state index in [-0.39, 0.29) is 18.2 Å². The molecule has 0 saturated carbocycles. The van der Waals surface area contributed by atoms with Gasteiger partial charge in [0.15, 0.2) is 0 Å². The standard InChI is InChI=1S/C21H16Cl2N4O2S/c1-11-5-2-3-6-12(11)9-17(28)24-19-13-10-16(30-21(13)27-26-19)20(29)25-18-14(22)7-4-8-15(18)23/h2-8,10H,9H2,1H3,(H,25,29)(H2,24,26,27,28). The van der Waals surface area contributed by atoms with Gasteiger partial charge in [-0.1, -0.05) is 53.5 Å². The Bertz CT molecular complexity index is 1240. The molecule has 9 heteroatoms. The second-order valence-corrected chi connectivity index (χ2v) is 8.48. The second-order valence-electron chi connectivity index (χ2n) is 6.63. The normalized spacial score (nSPS) is 10.9. The van der Waals surface area contributed by atoms with Crippen molar-refractivity contribution in [3.8, 4) is 0 Å². The number of nitrogens with zero attached hydrogens (tertiary/aromatic N) is 1. The van der Waals surface area contributed by atoms with Gasteiger partial charge in [-0.15, -0.1) is 11.3 Å². The van der Waals surface area contributed by atoms with Gasteiger partial charge in [0.05, 0.1) is 32.4 Å². The molecule has 0 fully saturated rings. The molecular formula is C21H16Cl2N4O2S. The third-order valence-electron chi connectivity index (χ3n) is 4.55. The van der Waals surface area contributed by atoms with Crippen LogP contribution in [0, 0.1) is 6.92 Å². The van der Waals surface area contributed by atoms with Crippen molar-refractivity contribution in [2.24, 2.45) is 0 Å². The largest absolute Gasteiger partial charge is 0.319 e. The van der Waals surface area contributed by atoms with Crippen LogP contribution in [0.2, 0.25) is 10.0 Å². The van der Waals surface area contributed by atoms with Gasteiger partial charge in [-0.05, 0) is 36.2 Å². The average molecular weight is 459 g/mol. The molecular weight excluding hydrogens is 443 g/mol. The van der Waals surface area contributed by atoms with Gasteiger partial charge in [-0.25, -0.2) is 0 Å². The molecule has 0 radical (unpaired) electrons. The first kappa shape index (κ1) is 20.4. The summed E-state index contributed by atoms with van der Waals surface area (Å²) in [7, 11) is 0. The van der Waals surface area contributed by atoms with Crippen LogP contribution in [-0.4, -0.2) is 22.0 Å². The molecule has 30 heavy (non-hydrogen) atoms. The van der Waals surface area contributed by atoms with Gasteiger partial charge in [0.1, 0.15) is 10.6 Å². The van der Waals surface area contributed by atoms with E-state index in [1.54, 1.807) is 24.3 Å². The number of amides is 2. The van der Waals surface area contributed by atoms with Crippen molar-refractivity contribution in [2.45, 2.75) is 13.3 Å². The summed E-state index contributed by atoms with van der Waals surface area (Å²) >= 11 is 13.4. The molecule has 0 unspecified atom stereocenters. The van der Waals surface area contributed by atoms with E-state index >= 15 is 0 Å². The van der Waals surface area contributed by atoms with Crippen LogP contribution in [0.1, 0.15) is 20.8 Å². The summed E-state index contributed by atoms with van der Waals surface area (Å²) in [6, 6.07) is 14.4. The van der Waals surface area contributed by atoms with E-state index < -0.39 is 0 Å². The van der Waals surface area contributed by atoms with Crippen LogP contribution >= 0.6 is 34.5 Å². The van der Waals surface area contributed by atoms with E-state index in [9.17, 15) is 9.59 Å². The SMILES string of the molecule is Cc1ccccc1CC(=O)Nc1[nH]nc2sc(C(=O)Nc3c(Cl)cccc3Cl)cc12. The van der Waals surface area contributed by atoms with Crippen molar-refractivity contribution in [1.29, 1.82) is 0 Å². The highest BCUT2D eigenvalue weighted by molar-refractivity contribution is 7.20. The molecule has 152 valence electrons. The van der Waals surface area contributed by atoms with Gasteiger partial charge in [-0.3, -0.25) is 14.7 Å². The highest BCUT2D eigenvalue weighted by Gasteiger charge is 2.18. The summed E-state index contributed by atoms with van der Waals surface area (Å²) in [5.74, 6) is -0.0743. The summed E-state index contributed by atoms with van der Waals surface area (Å²) < 4.78 is 0. The van der Waals surface area contributed by atoms with Crippen LogP contribution in [0.5, 0.6) is 0 Å². The molecule has 2 heterocycles. The number of carbonyl (C=O) groups excluding carboxylic acids is 2. The number of anilines is 2. The topological polar surface area (TPSA) is 86.9 Å². The molecule has 0 bridgehead atoms. The molecule has 2 amide bonds. The molecule has 0 spiro atoms. The summed E-state index contributed by atoms with van der Waals surface area (Å²) in [4.78, 5) is 26.2. The van der Waals surface area contributed by atoms with Gasteiger partial charge in [0.2, 0.25) is 5.91 Å². The molecule has 2 aromatic carbocycles. The number of thiophene rings is 1. The minimum atomic E-state index is -0.356. The molecule has 0 aliphatic heterocycles. The van der Waals surface area contributed by atoms with Crippen LogP contribution in [0.4, 0.5) is 11.5 Å². The number of carbonyl (C=O) groups is 2. The van der Waals surface area contributed by atoms with Gasteiger partial charge in [0.25, 0.3) is 5.91 Å². The van der Waals surface area contributed by atoms with Crippen molar-refractivity contribution in [1.82, 2.24) is 10.2 Å². The maximum atomic E-state index is 12.7. The third kappa shape index (κ3) is 4.18. The predicted molar refractivity (Wildman–Crippen MR) is 122 cm³/mol. The number of halogens is 2. The Kier molecular flexibility index (Phi) is 5.76. The number of H-pyrrole nitrogens is 1. The summed E-state index contributed by atoms with van der Waals surface area (Å²) in [5.41, 5.74) is 2.35. The lowest BCUT2D eigenvalue weighted by atomic mass is 10.1. The molecule has 0 aliphatic rings. The number of benzene rings is 2. The molecule has 0 atom stereocenters. The number of aryl methyl sites for hydroxylation is 1. The van der Waals surface area contributed by atoms with Crippen molar-refractivity contribution in [3.05, 3.63) is 74.6 Å². The second kappa shape index (κ2) is 8.47. The van der Waals surface area contributed by atoms with E-state index in [4.69, 9.17) is 23.2 Å². The Morgan fingerprint density at radius 3 is 2.53 bits per heavy atom. The summed E-state index contributed by atoms with van der Waals surface area (Å²) in [6.45, 7) is 1.96. The van der Waals surface area contributed by atoms with Gasteiger partial charge < -0.3 is 10.6 Å². The number of hydrogen-bond acceptors (Lipinski definition) is 4. The van der Waals surface area contributed by atoms with Crippen LogP contribution in [0.15, 0.2) is 48.5 Å². The quantitative estimate of drug-likeness (QED) is 0.359. The van der Waals surface area contributed by atoms with Gasteiger partial charge in [-0.2, -0.15) is 5.10 Å². The maximum Gasteiger partial charge on any atom is 0.265 e. The van der Waals surface area contributed by atoms with Crippen molar-refractivity contribution in [3.63, 3.8) is 0 Å². The Hall–Kier alpha value is -2.87. The highest BCUT2D eigenvalue weighted by Crippen LogP contribution is 2.33. The maximum absolute atomic E-state index is 12.7. The number of para-hydroxylation sites is 1. The van der Waals surface area contributed by atoms with Crippen molar-refractivity contribution < 1.29 is 9.59 Å². The Labute approximate surface area is 186 Å². The van der Waals surface area contributed by atoms with E-state index in [1.165, 1.54) is 11.3 Å². The molecule has 4 rings (SSSR count). The van der Waals surface area contributed by atoms with Crippen LogP contribution in [0.25, 0.3) is 10.2 Å². The first-order valence-electron chi connectivity index (χ1n) is 9.00. The Balaban J connectivity index is 1.51. The monoisotopic (exact) mass is 458 g/mol. The third-order valence-corrected chi connectivity index (χ3v) is 6.21. The zero-order chi connectivity index (χ0) is 21.3. The molecule has 3 N–H and O–H groups in total. The number of aromatic amines is 1. The lowest BCUT2D eigenvalue weighted by molar-refractivity contribution is -0.115. The molecule has 0 saturated heterocycles. The highest BCUT2D eigenvalue weighted by atomic mass is 35.5. The smallest absolute Gasteiger partial charge is 0.265 e. The van der Waals surface area contributed by atoms with Gasteiger partial charge >= 0.3 is 0 Å². The minimum Gasteiger partial charge on any atom is -0.319 e. The zero-order valence-electron chi connectivity index (χ0n) is 15.8. The number of fused-ring (bicyclic) bond motifs is 1. The number of nitrogens with one attached hydrogen (secondary N) is 3. The zero-order valence-corrected chi connectivity index (χ0v) is 18.1. The number of rotatable bonds is 5. The molecule has 2 aromatic heterocycles. The fraction of sp³-hybridized carbons (Fsp3) is 0.0952. The molecule has 6 nitrogen and oxygen atoms in total. The number of aromatic nitrogens is 2. The summed E-state index contributed by atoms with van der Waals surface area (Å²) in [5, 5.41) is 13.9. The lowest BCUT2D eigenvalue weighted by Crippen LogP contribution is -2.15. The number of hydrogen-bond donors (Lipinski definition) is 3. The van der Waals surface area contributed by atoms with E-state index in [0.29, 0.717) is 36.6 Å². The Morgan fingerprint density at radius 2 is 1.80 bits per heavy atom. The lowest BCUT2D eigenvalue weighted by Gasteiger charge is -2.07. The first-order chi connectivity index (χ1) is 14.4. The molecule has 4 aromatic rings. The van der Waals surface area contributed by atoms with Crippen LogP contribution in [-0.2, 0) is 11.2 Å².